The summed E-state index contributed by atoms with van der Waals surface area (Å²) in [6.45, 7) is 6.38. The number of esters is 3. The molecular weight excluding hydrogens is 925 g/mol. The van der Waals surface area contributed by atoms with Gasteiger partial charge in [0.15, 0.2) is 6.10 Å². The van der Waals surface area contributed by atoms with Gasteiger partial charge in [-0.2, -0.15) is 0 Å². The van der Waals surface area contributed by atoms with E-state index in [1.165, 1.54) is 96.3 Å². The summed E-state index contributed by atoms with van der Waals surface area (Å²) in [5, 5.41) is 0. The van der Waals surface area contributed by atoms with Crippen molar-refractivity contribution in [2.24, 2.45) is 0 Å². The Morgan fingerprint density at radius 2 is 0.547 bits per heavy atom. The van der Waals surface area contributed by atoms with Crippen LogP contribution in [-0.4, -0.2) is 37.2 Å². The SMILES string of the molecule is CC/C=C\C/C=C\C/C=C\C/C=C\C/C=C\CCCCCC(=O)O[C@H](COC(=O)CC/C=C\C/C=C\C/C=C\C/C=C\C/C=C\CCCCC)COC(=O)CCCCCCCCCCC/C=C\C/C=C\CCCCC. The first-order valence-electron chi connectivity index (χ1n) is 30.3. The van der Waals surface area contributed by atoms with Gasteiger partial charge in [0.1, 0.15) is 13.2 Å². The fraction of sp³-hybridized carbons (Fsp3) is 0.609. The molecular formula is C69H110O6. The van der Waals surface area contributed by atoms with Gasteiger partial charge in [-0.3, -0.25) is 14.4 Å². The summed E-state index contributed by atoms with van der Waals surface area (Å²) in [6, 6.07) is 0. The van der Waals surface area contributed by atoms with Crippen molar-refractivity contribution in [2.45, 2.75) is 258 Å². The lowest BCUT2D eigenvalue weighted by Crippen LogP contribution is -2.30. The summed E-state index contributed by atoms with van der Waals surface area (Å²) in [7, 11) is 0. The third kappa shape index (κ3) is 60.0. The Balaban J connectivity index is 4.59. The highest BCUT2D eigenvalue weighted by atomic mass is 16.6. The maximum atomic E-state index is 12.9. The quantitative estimate of drug-likeness (QED) is 0.0261. The number of allylic oxidation sites excluding steroid dienone is 24. The number of hydrogen-bond acceptors (Lipinski definition) is 6. The van der Waals surface area contributed by atoms with Crippen LogP contribution in [0.4, 0.5) is 0 Å². The zero-order chi connectivity index (χ0) is 54.3. The molecule has 422 valence electrons. The van der Waals surface area contributed by atoms with Gasteiger partial charge < -0.3 is 14.2 Å². The molecule has 6 heteroatoms. The molecule has 0 radical (unpaired) electrons. The number of unbranched alkanes of at least 4 members (excludes halogenated alkanes) is 18. The Morgan fingerprint density at radius 1 is 0.280 bits per heavy atom. The van der Waals surface area contributed by atoms with E-state index >= 15 is 0 Å². The molecule has 0 aromatic carbocycles. The first kappa shape index (κ1) is 70.3. The zero-order valence-electron chi connectivity index (χ0n) is 48.3. The molecule has 0 rings (SSSR count). The fourth-order valence-electron chi connectivity index (χ4n) is 7.78. The number of ether oxygens (including phenoxy) is 3. The first-order chi connectivity index (χ1) is 37.0. The molecule has 0 spiro atoms. The minimum Gasteiger partial charge on any atom is -0.462 e. The van der Waals surface area contributed by atoms with Crippen molar-refractivity contribution in [1.82, 2.24) is 0 Å². The normalized spacial score (nSPS) is 13.2. The standard InChI is InChI=1S/C69H110O6/c1-4-7-10-13-16-19-22-25-28-31-34-37-40-43-46-49-52-55-58-61-67(70)73-64-66(75-69(72)63-60-57-54-51-48-45-42-39-36-33-30-27-24-21-18-15-12-9-6-3)65-74-68(71)62-59-56-53-50-47-44-41-38-35-32-29-26-23-20-17-14-11-8-5-2/h9,12,16-21,25-30,34,36-37,39,43,45-46,48,52,55,66H,4-8,10-11,13-15,22-24,31-33,35,38,40-42,44,47,49-51,53-54,56-65H2,1-3H3/b12-9-,19-16-,20-17-,21-18-,28-25-,29-26-,30-27-,37-34-,39-36-,46-43-,48-45-,55-52-/t66-/m1/s1. The molecule has 0 fully saturated rings. The van der Waals surface area contributed by atoms with Crippen molar-refractivity contribution in [3.63, 3.8) is 0 Å². The largest absolute Gasteiger partial charge is 0.462 e. The Hall–Kier alpha value is -4.71. The highest BCUT2D eigenvalue weighted by molar-refractivity contribution is 5.71. The van der Waals surface area contributed by atoms with Crippen LogP contribution in [-0.2, 0) is 28.6 Å². The summed E-state index contributed by atoms with van der Waals surface area (Å²) in [4.78, 5) is 38.2. The molecule has 0 bridgehead atoms. The van der Waals surface area contributed by atoms with Crippen LogP contribution in [0.25, 0.3) is 0 Å². The molecule has 0 aliphatic rings. The Labute approximate surface area is 461 Å². The topological polar surface area (TPSA) is 78.9 Å². The predicted molar refractivity (Wildman–Crippen MR) is 325 cm³/mol. The minimum atomic E-state index is -0.835. The van der Waals surface area contributed by atoms with Gasteiger partial charge in [-0.05, 0) is 135 Å². The molecule has 0 aliphatic heterocycles. The zero-order valence-corrected chi connectivity index (χ0v) is 48.3. The van der Waals surface area contributed by atoms with Gasteiger partial charge >= 0.3 is 17.9 Å². The smallest absolute Gasteiger partial charge is 0.306 e. The van der Waals surface area contributed by atoms with E-state index in [0.717, 1.165) is 103 Å². The van der Waals surface area contributed by atoms with Crippen molar-refractivity contribution >= 4 is 17.9 Å². The number of rotatable bonds is 53. The van der Waals surface area contributed by atoms with Crippen LogP contribution in [0, 0.1) is 0 Å². The Morgan fingerprint density at radius 3 is 0.907 bits per heavy atom. The van der Waals surface area contributed by atoms with Crippen molar-refractivity contribution < 1.29 is 28.6 Å². The summed E-state index contributed by atoms with van der Waals surface area (Å²) in [6.07, 6.45) is 88.5. The highest BCUT2D eigenvalue weighted by Gasteiger charge is 2.19. The van der Waals surface area contributed by atoms with Crippen LogP contribution in [0.1, 0.15) is 252 Å². The monoisotopic (exact) mass is 1030 g/mol. The number of carbonyl (C=O) groups is 3. The van der Waals surface area contributed by atoms with Gasteiger partial charge in [0, 0.05) is 19.3 Å². The van der Waals surface area contributed by atoms with Gasteiger partial charge in [-0.1, -0.05) is 244 Å². The third-order valence-electron chi connectivity index (χ3n) is 12.3. The molecule has 6 nitrogen and oxygen atoms in total. The van der Waals surface area contributed by atoms with Crippen molar-refractivity contribution in [3.05, 3.63) is 146 Å². The molecule has 0 aromatic heterocycles. The van der Waals surface area contributed by atoms with Crippen molar-refractivity contribution in [1.29, 1.82) is 0 Å². The first-order valence-corrected chi connectivity index (χ1v) is 30.3. The molecule has 0 unspecified atom stereocenters. The number of hydrogen-bond donors (Lipinski definition) is 0. The second kappa shape index (κ2) is 61.8. The average molecular weight is 1040 g/mol. The maximum absolute atomic E-state index is 12.9. The summed E-state index contributed by atoms with van der Waals surface area (Å²) in [5.41, 5.74) is 0. The predicted octanol–water partition coefficient (Wildman–Crippen LogP) is 20.8. The second-order valence-corrected chi connectivity index (χ2v) is 19.5. The maximum Gasteiger partial charge on any atom is 0.306 e. The van der Waals surface area contributed by atoms with Crippen LogP contribution in [0.5, 0.6) is 0 Å². The minimum absolute atomic E-state index is 0.122. The van der Waals surface area contributed by atoms with Gasteiger partial charge in [0.05, 0.1) is 0 Å². The molecule has 0 aromatic rings. The van der Waals surface area contributed by atoms with Crippen molar-refractivity contribution in [3.8, 4) is 0 Å². The van der Waals surface area contributed by atoms with Crippen LogP contribution in [0.3, 0.4) is 0 Å². The molecule has 0 heterocycles. The van der Waals surface area contributed by atoms with Crippen LogP contribution in [0.15, 0.2) is 146 Å². The highest BCUT2D eigenvalue weighted by Crippen LogP contribution is 2.14. The van der Waals surface area contributed by atoms with Gasteiger partial charge in [0.2, 0.25) is 0 Å². The lowest BCUT2D eigenvalue weighted by atomic mass is 10.1. The molecule has 0 aliphatic carbocycles. The van der Waals surface area contributed by atoms with E-state index in [9.17, 15) is 14.4 Å². The second-order valence-electron chi connectivity index (χ2n) is 19.5. The third-order valence-corrected chi connectivity index (χ3v) is 12.3. The van der Waals surface area contributed by atoms with E-state index in [1.807, 2.05) is 6.08 Å². The summed E-state index contributed by atoms with van der Waals surface area (Å²) < 4.78 is 16.8. The van der Waals surface area contributed by atoms with Gasteiger partial charge in [-0.15, -0.1) is 0 Å². The fourth-order valence-corrected chi connectivity index (χ4v) is 7.78. The van der Waals surface area contributed by atoms with E-state index in [4.69, 9.17) is 14.2 Å². The van der Waals surface area contributed by atoms with Gasteiger partial charge in [-0.25, -0.2) is 0 Å². The van der Waals surface area contributed by atoms with Crippen LogP contribution >= 0.6 is 0 Å². The summed E-state index contributed by atoms with van der Waals surface area (Å²) >= 11 is 0. The lowest BCUT2D eigenvalue weighted by Gasteiger charge is -2.18. The lowest BCUT2D eigenvalue weighted by molar-refractivity contribution is -0.166. The van der Waals surface area contributed by atoms with Crippen LogP contribution < -0.4 is 0 Å². The van der Waals surface area contributed by atoms with E-state index < -0.39 is 6.10 Å². The molecule has 0 saturated heterocycles. The summed E-state index contributed by atoms with van der Waals surface area (Å²) in [5.74, 6) is -1.05. The van der Waals surface area contributed by atoms with E-state index in [1.54, 1.807) is 0 Å². The molecule has 0 amide bonds. The van der Waals surface area contributed by atoms with Gasteiger partial charge in [0.25, 0.3) is 0 Å². The van der Waals surface area contributed by atoms with E-state index in [0.29, 0.717) is 19.3 Å². The Kier molecular flexibility index (Phi) is 58.0. The molecule has 0 N–H and O–H groups in total. The average Bonchev–Trinajstić information content (AvgIpc) is 3.41. The van der Waals surface area contributed by atoms with E-state index in [-0.39, 0.29) is 44.0 Å². The molecule has 1 atom stereocenters. The van der Waals surface area contributed by atoms with E-state index in [2.05, 4.69) is 161 Å². The number of carbonyl (C=O) groups excluding carboxylic acids is 3. The molecule has 75 heavy (non-hydrogen) atoms. The van der Waals surface area contributed by atoms with Crippen molar-refractivity contribution in [2.75, 3.05) is 13.2 Å². The molecule has 0 saturated carbocycles. The Bertz CT molecular complexity index is 1660. The van der Waals surface area contributed by atoms with Crippen LogP contribution in [0.2, 0.25) is 0 Å².